The van der Waals surface area contributed by atoms with Crippen LogP contribution in [0.1, 0.15) is 24.8 Å². The number of hydrazone groups is 1. The first-order valence-corrected chi connectivity index (χ1v) is 9.37. The first-order chi connectivity index (χ1) is 13.7. The third-order valence-electron chi connectivity index (χ3n) is 4.66. The molecule has 0 unspecified atom stereocenters. The van der Waals surface area contributed by atoms with Crippen molar-refractivity contribution in [3.63, 3.8) is 0 Å². The summed E-state index contributed by atoms with van der Waals surface area (Å²) < 4.78 is 10.7. The molecule has 0 bridgehead atoms. The minimum absolute atomic E-state index is 0.454. The van der Waals surface area contributed by atoms with Gasteiger partial charge in [-0.15, -0.1) is 0 Å². The van der Waals surface area contributed by atoms with Gasteiger partial charge in [0.05, 0.1) is 26.1 Å². The number of piperidine rings is 1. The lowest BCUT2D eigenvalue weighted by Gasteiger charge is -2.29. The Morgan fingerprint density at radius 2 is 1.79 bits per heavy atom. The molecular formula is C21H26N4O3. The molecule has 0 radical (unpaired) electrons. The van der Waals surface area contributed by atoms with Gasteiger partial charge in [0.25, 0.3) is 0 Å². The Hall–Kier alpha value is -3.22. The molecule has 7 heteroatoms. The Bertz CT molecular complexity index is 832. The number of urea groups is 1. The summed E-state index contributed by atoms with van der Waals surface area (Å²) in [5, 5.41) is 6.72. The molecular weight excluding hydrogens is 356 g/mol. The zero-order valence-corrected chi connectivity index (χ0v) is 16.3. The van der Waals surface area contributed by atoms with E-state index in [1.54, 1.807) is 32.6 Å². The van der Waals surface area contributed by atoms with E-state index in [2.05, 4.69) is 26.8 Å². The maximum Gasteiger partial charge on any atom is 0.339 e. The van der Waals surface area contributed by atoms with Gasteiger partial charge in [-0.1, -0.05) is 12.1 Å². The van der Waals surface area contributed by atoms with Crippen molar-refractivity contribution in [3.8, 4) is 11.5 Å². The largest absolute Gasteiger partial charge is 0.496 e. The monoisotopic (exact) mass is 382 g/mol. The molecule has 0 spiro atoms. The van der Waals surface area contributed by atoms with Crippen LogP contribution in [-0.4, -0.2) is 39.6 Å². The molecule has 28 heavy (non-hydrogen) atoms. The molecule has 7 nitrogen and oxygen atoms in total. The average molecular weight is 382 g/mol. The van der Waals surface area contributed by atoms with Crippen molar-refractivity contribution in [1.82, 2.24) is 5.43 Å². The molecule has 0 saturated carbocycles. The van der Waals surface area contributed by atoms with Gasteiger partial charge in [-0.3, -0.25) is 0 Å². The first-order valence-electron chi connectivity index (χ1n) is 9.37. The lowest BCUT2D eigenvalue weighted by atomic mass is 10.1. The van der Waals surface area contributed by atoms with E-state index in [1.807, 2.05) is 24.3 Å². The SMILES string of the molecule is COc1cc(N2CCCCC2)ccc1/C=N/NC(=O)Nc1ccccc1OC. The molecule has 0 atom stereocenters. The topological polar surface area (TPSA) is 75.2 Å². The minimum Gasteiger partial charge on any atom is -0.496 e. The van der Waals surface area contributed by atoms with Crippen LogP contribution in [0.5, 0.6) is 11.5 Å². The van der Waals surface area contributed by atoms with Crippen molar-refractivity contribution in [2.75, 3.05) is 37.5 Å². The fourth-order valence-electron chi connectivity index (χ4n) is 3.21. The van der Waals surface area contributed by atoms with Crippen LogP contribution >= 0.6 is 0 Å². The van der Waals surface area contributed by atoms with Crippen LogP contribution in [0.2, 0.25) is 0 Å². The fraction of sp³-hybridized carbons (Fsp3) is 0.333. The molecule has 1 fully saturated rings. The first kappa shape index (κ1) is 19.5. The maximum absolute atomic E-state index is 12.1. The highest BCUT2D eigenvalue weighted by Gasteiger charge is 2.13. The van der Waals surface area contributed by atoms with Crippen molar-refractivity contribution >= 4 is 23.6 Å². The summed E-state index contributed by atoms with van der Waals surface area (Å²) in [5.74, 6) is 1.30. The van der Waals surface area contributed by atoms with Crippen LogP contribution in [0.25, 0.3) is 0 Å². The quantitative estimate of drug-likeness (QED) is 0.588. The fourth-order valence-corrected chi connectivity index (χ4v) is 3.21. The number of benzene rings is 2. The van der Waals surface area contributed by atoms with E-state index in [-0.39, 0.29) is 0 Å². The molecule has 1 heterocycles. The van der Waals surface area contributed by atoms with Gasteiger partial charge in [-0.05, 0) is 43.5 Å². The number of hydrogen-bond donors (Lipinski definition) is 2. The van der Waals surface area contributed by atoms with E-state index in [0.717, 1.165) is 30.1 Å². The van der Waals surface area contributed by atoms with E-state index in [0.29, 0.717) is 11.4 Å². The zero-order valence-electron chi connectivity index (χ0n) is 16.3. The Labute approximate surface area is 165 Å². The smallest absolute Gasteiger partial charge is 0.339 e. The van der Waals surface area contributed by atoms with E-state index < -0.39 is 6.03 Å². The summed E-state index contributed by atoms with van der Waals surface area (Å²) >= 11 is 0. The van der Waals surface area contributed by atoms with Gasteiger partial charge >= 0.3 is 6.03 Å². The van der Waals surface area contributed by atoms with Gasteiger partial charge in [0.1, 0.15) is 11.5 Å². The number of ether oxygens (including phenoxy) is 2. The van der Waals surface area contributed by atoms with Crippen LogP contribution in [-0.2, 0) is 0 Å². The van der Waals surface area contributed by atoms with E-state index in [9.17, 15) is 4.79 Å². The highest BCUT2D eigenvalue weighted by Crippen LogP contribution is 2.27. The highest BCUT2D eigenvalue weighted by atomic mass is 16.5. The number of para-hydroxylation sites is 2. The Balaban J connectivity index is 1.62. The lowest BCUT2D eigenvalue weighted by Crippen LogP contribution is -2.29. The van der Waals surface area contributed by atoms with Gasteiger partial charge in [0, 0.05) is 30.4 Å². The van der Waals surface area contributed by atoms with Crippen LogP contribution in [0.15, 0.2) is 47.6 Å². The van der Waals surface area contributed by atoms with Gasteiger partial charge in [0.15, 0.2) is 0 Å². The third-order valence-corrected chi connectivity index (χ3v) is 4.66. The predicted octanol–water partition coefficient (Wildman–Crippen LogP) is 3.85. The molecule has 3 rings (SSSR count). The van der Waals surface area contributed by atoms with E-state index >= 15 is 0 Å². The second kappa shape index (κ2) is 9.64. The normalized spacial score (nSPS) is 14.0. The van der Waals surface area contributed by atoms with Crippen molar-refractivity contribution < 1.29 is 14.3 Å². The molecule has 0 aliphatic carbocycles. The molecule has 1 saturated heterocycles. The Kier molecular flexibility index (Phi) is 6.73. The van der Waals surface area contributed by atoms with Crippen LogP contribution in [0.4, 0.5) is 16.2 Å². The number of nitrogens with one attached hydrogen (secondary N) is 2. The average Bonchev–Trinajstić information content (AvgIpc) is 2.75. The van der Waals surface area contributed by atoms with Crippen LogP contribution in [0, 0.1) is 0 Å². The Morgan fingerprint density at radius 1 is 1.04 bits per heavy atom. The summed E-state index contributed by atoms with van der Waals surface area (Å²) in [7, 11) is 3.19. The summed E-state index contributed by atoms with van der Waals surface area (Å²) in [4.78, 5) is 14.4. The molecule has 2 aromatic carbocycles. The molecule has 2 amide bonds. The van der Waals surface area contributed by atoms with E-state index in [4.69, 9.17) is 9.47 Å². The molecule has 1 aliphatic heterocycles. The van der Waals surface area contributed by atoms with Crippen LogP contribution in [0.3, 0.4) is 0 Å². The van der Waals surface area contributed by atoms with Gasteiger partial charge in [0.2, 0.25) is 0 Å². The molecule has 148 valence electrons. The summed E-state index contributed by atoms with van der Waals surface area (Å²) in [6.45, 7) is 2.14. The van der Waals surface area contributed by atoms with Gasteiger partial charge in [-0.2, -0.15) is 5.10 Å². The second-order valence-corrected chi connectivity index (χ2v) is 6.50. The van der Waals surface area contributed by atoms with Crippen molar-refractivity contribution in [1.29, 1.82) is 0 Å². The lowest BCUT2D eigenvalue weighted by molar-refractivity contribution is 0.252. The van der Waals surface area contributed by atoms with Crippen molar-refractivity contribution in [3.05, 3.63) is 48.0 Å². The maximum atomic E-state index is 12.1. The zero-order chi connectivity index (χ0) is 19.8. The second-order valence-electron chi connectivity index (χ2n) is 6.50. The third kappa shape index (κ3) is 4.94. The highest BCUT2D eigenvalue weighted by molar-refractivity contribution is 5.92. The van der Waals surface area contributed by atoms with Crippen LogP contribution < -0.4 is 25.1 Å². The van der Waals surface area contributed by atoms with E-state index in [1.165, 1.54) is 19.3 Å². The minimum atomic E-state index is -0.454. The Morgan fingerprint density at radius 3 is 2.54 bits per heavy atom. The number of carbonyl (C=O) groups excluding carboxylic acids is 1. The van der Waals surface area contributed by atoms with Crippen molar-refractivity contribution in [2.45, 2.75) is 19.3 Å². The molecule has 2 N–H and O–H groups in total. The standard InChI is InChI=1S/C21H26N4O3/c1-27-19-9-5-4-8-18(19)23-21(26)24-22-15-16-10-11-17(14-20(16)28-2)25-12-6-3-7-13-25/h4-5,8-11,14-15H,3,6-7,12-13H2,1-2H3,(H2,23,24,26)/b22-15+. The van der Waals surface area contributed by atoms with Gasteiger partial charge < -0.3 is 19.7 Å². The molecule has 2 aromatic rings. The number of nitrogens with zero attached hydrogens (tertiary/aromatic N) is 2. The van der Waals surface area contributed by atoms with Crippen molar-refractivity contribution in [2.24, 2.45) is 5.10 Å². The summed E-state index contributed by atoms with van der Waals surface area (Å²) in [6, 6.07) is 12.7. The molecule has 0 aromatic heterocycles. The predicted molar refractivity (Wildman–Crippen MR) is 112 cm³/mol. The number of amides is 2. The summed E-state index contributed by atoms with van der Waals surface area (Å²) in [6.07, 6.45) is 5.30. The molecule has 1 aliphatic rings. The number of anilines is 2. The number of methoxy groups -OCH3 is 2. The summed E-state index contributed by atoms with van der Waals surface area (Å²) in [5.41, 5.74) is 4.97. The number of rotatable bonds is 6. The number of hydrogen-bond acceptors (Lipinski definition) is 5. The number of carbonyl (C=O) groups is 1. The van der Waals surface area contributed by atoms with Gasteiger partial charge in [-0.25, -0.2) is 10.2 Å².